The molecule has 1 amide bonds. The second-order valence-electron chi connectivity index (χ2n) is 5.79. The summed E-state index contributed by atoms with van der Waals surface area (Å²) in [5, 5.41) is 4.84. The summed E-state index contributed by atoms with van der Waals surface area (Å²) in [4.78, 5) is 13.1. The van der Waals surface area contributed by atoms with E-state index in [1.54, 1.807) is 18.2 Å². The van der Waals surface area contributed by atoms with Crippen molar-refractivity contribution in [3.63, 3.8) is 0 Å². The molecule has 0 saturated heterocycles. The molecule has 5 heteroatoms. The normalized spacial score (nSPS) is 10.5. The van der Waals surface area contributed by atoms with Crippen LogP contribution in [-0.4, -0.2) is 5.91 Å². The molecule has 0 radical (unpaired) electrons. The molecule has 0 saturated carbocycles. The Labute approximate surface area is 150 Å². The van der Waals surface area contributed by atoms with E-state index in [1.807, 2.05) is 37.4 Å². The number of halogens is 1. The Morgan fingerprint density at radius 3 is 2.56 bits per heavy atom. The second-order valence-corrected chi connectivity index (χ2v) is 6.70. The Kier molecular flexibility index (Phi) is 5.14. The highest BCUT2D eigenvalue weighted by Crippen LogP contribution is 2.23. The molecule has 0 spiro atoms. The minimum Gasteiger partial charge on any atom is -0.489 e. The number of nitrogens with one attached hydrogen (secondary N) is 1. The van der Waals surface area contributed by atoms with Crippen LogP contribution in [0.3, 0.4) is 0 Å². The Morgan fingerprint density at radius 1 is 1.12 bits per heavy atom. The smallest absolute Gasteiger partial charge is 0.265 e. The molecule has 1 heterocycles. The number of aryl methyl sites for hydroxylation is 2. The van der Waals surface area contributed by atoms with Crippen LogP contribution in [0.25, 0.3) is 0 Å². The Morgan fingerprint density at radius 2 is 1.84 bits per heavy atom. The average Bonchev–Trinajstić information content (AvgIpc) is 3.05. The summed E-state index contributed by atoms with van der Waals surface area (Å²) < 4.78 is 18.7. The van der Waals surface area contributed by atoms with E-state index < -0.39 is 0 Å². The molecule has 1 N–H and O–H groups in total. The fourth-order valence-electron chi connectivity index (χ4n) is 2.48. The molecule has 3 aromatic rings. The number of benzene rings is 2. The molecule has 1 aromatic heterocycles. The summed E-state index contributed by atoms with van der Waals surface area (Å²) in [7, 11) is 0. The Hall–Kier alpha value is -2.66. The number of ether oxygens (including phenoxy) is 1. The third-order valence-electron chi connectivity index (χ3n) is 3.80. The Balaban J connectivity index is 1.65. The third-order valence-corrected chi connectivity index (χ3v) is 4.78. The lowest BCUT2D eigenvalue weighted by atomic mass is 10.1. The van der Waals surface area contributed by atoms with Crippen LogP contribution in [0.5, 0.6) is 5.75 Å². The van der Waals surface area contributed by atoms with Crippen molar-refractivity contribution < 1.29 is 13.9 Å². The SMILES string of the molecule is Cc1cccc(C)c1NC(=O)c1cc(COc2cccc(F)c2)cs1. The minimum absolute atomic E-state index is 0.139. The van der Waals surface area contributed by atoms with Crippen molar-refractivity contribution in [1.82, 2.24) is 0 Å². The molecule has 0 unspecified atom stereocenters. The van der Waals surface area contributed by atoms with Gasteiger partial charge in [-0.3, -0.25) is 4.79 Å². The van der Waals surface area contributed by atoms with Gasteiger partial charge in [-0.15, -0.1) is 11.3 Å². The first-order valence-electron chi connectivity index (χ1n) is 7.86. The van der Waals surface area contributed by atoms with Crippen LogP contribution < -0.4 is 10.1 Å². The van der Waals surface area contributed by atoms with Crippen LogP contribution in [0.15, 0.2) is 53.9 Å². The van der Waals surface area contributed by atoms with Gasteiger partial charge in [-0.1, -0.05) is 24.3 Å². The predicted octanol–water partition coefficient (Wildman–Crippen LogP) is 5.34. The van der Waals surface area contributed by atoms with Gasteiger partial charge in [0.2, 0.25) is 0 Å². The molecular weight excluding hydrogens is 337 g/mol. The maximum Gasteiger partial charge on any atom is 0.265 e. The van der Waals surface area contributed by atoms with Crippen LogP contribution in [-0.2, 0) is 6.61 Å². The van der Waals surface area contributed by atoms with Crippen molar-refractivity contribution in [3.8, 4) is 5.75 Å². The van der Waals surface area contributed by atoms with E-state index in [2.05, 4.69) is 5.32 Å². The van der Waals surface area contributed by atoms with E-state index in [1.165, 1.54) is 23.5 Å². The van der Waals surface area contributed by atoms with Crippen LogP contribution in [0.4, 0.5) is 10.1 Å². The molecule has 0 aliphatic rings. The lowest BCUT2D eigenvalue weighted by Gasteiger charge is -2.10. The highest BCUT2D eigenvalue weighted by atomic mass is 32.1. The van der Waals surface area contributed by atoms with Gasteiger partial charge < -0.3 is 10.1 Å². The number of rotatable bonds is 5. The maximum absolute atomic E-state index is 13.1. The van der Waals surface area contributed by atoms with E-state index in [4.69, 9.17) is 4.74 Å². The predicted molar refractivity (Wildman–Crippen MR) is 98.9 cm³/mol. The van der Waals surface area contributed by atoms with Gasteiger partial charge >= 0.3 is 0 Å². The van der Waals surface area contributed by atoms with Crippen molar-refractivity contribution in [2.45, 2.75) is 20.5 Å². The molecule has 0 bridgehead atoms. The largest absolute Gasteiger partial charge is 0.489 e. The molecule has 2 aromatic carbocycles. The van der Waals surface area contributed by atoms with Crippen LogP contribution in [0.1, 0.15) is 26.4 Å². The second kappa shape index (κ2) is 7.49. The molecule has 3 nitrogen and oxygen atoms in total. The minimum atomic E-state index is -0.337. The molecule has 0 fully saturated rings. The molecular formula is C20H18FNO2S. The summed E-state index contributed by atoms with van der Waals surface area (Å²) in [6, 6.07) is 13.7. The number of carbonyl (C=O) groups is 1. The Bertz CT molecular complexity index is 884. The van der Waals surface area contributed by atoms with Gasteiger partial charge in [-0.05, 0) is 48.6 Å². The van der Waals surface area contributed by atoms with Crippen LogP contribution in [0.2, 0.25) is 0 Å². The summed E-state index contributed by atoms with van der Waals surface area (Å²) in [6.07, 6.45) is 0. The van der Waals surface area contributed by atoms with Crippen molar-refractivity contribution >= 4 is 22.9 Å². The fraction of sp³-hybridized carbons (Fsp3) is 0.150. The first kappa shape index (κ1) is 17.2. The fourth-order valence-corrected chi connectivity index (χ4v) is 3.27. The molecule has 128 valence electrons. The third kappa shape index (κ3) is 4.25. The first-order chi connectivity index (χ1) is 12.0. The number of amides is 1. The zero-order valence-electron chi connectivity index (χ0n) is 14.0. The maximum atomic E-state index is 13.1. The number of hydrogen-bond donors (Lipinski definition) is 1. The van der Waals surface area contributed by atoms with E-state index in [9.17, 15) is 9.18 Å². The molecule has 3 rings (SSSR count). The quantitative estimate of drug-likeness (QED) is 0.671. The lowest BCUT2D eigenvalue weighted by Crippen LogP contribution is -2.12. The van der Waals surface area contributed by atoms with Crippen molar-refractivity contribution in [2.75, 3.05) is 5.32 Å². The zero-order valence-corrected chi connectivity index (χ0v) is 14.8. The highest BCUT2D eigenvalue weighted by molar-refractivity contribution is 7.12. The van der Waals surface area contributed by atoms with E-state index >= 15 is 0 Å². The number of para-hydroxylation sites is 1. The molecule has 0 atom stereocenters. The number of hydrogen-bond acceptors (Lipinski definition) is 3. The number of carbonyl (C=O) groups excluding carboxylic acids is 1. The van der Waals surface area contributed by atoms with E-state index in [0.29, 0.717) is 10.6 Å². The standard InChI is InChI=1S/C20H18FNO2S/c1-13-5-3-6-14(2)19(13)22-20(23)18-9-15(12-25-18)11-24-17-8-4-7-16(21)10-17/h3-10,12H,11H2,1-2H3,(H,22,23). The van der Waals surface area contributed by atoms with Gasteiger partial charge in [0, 0.05) is 17.3 Å². The summed E-state index contributed by atoms with van der Waals surface area (Å²) in [5.74, 6) is -0.0105. The van der Waals surface area contributed by atoms with Crippen LogP contribution >= 0.6 is 11.3 Å². The number of thiophene rings is 1. The topological polar surface area (TPSA) is 38.3 Å². The van der Waals surface area contributed by atoms with Crippen LogP contribution in [0, 0.1) is 19.7 Å². The molecule has 25 heavy (non-hydrogen) atoms. The highest BCUT2D eigenvalue weighted by Gasteiger charge is 2.12. The van der Waals surface area contributed by atoms with Crippen molar-refractivity contribution in [3.05, 3.63) is 81.3 Å². The molecule has 0 aliphatic heterocycles. The van der Waals surface area contributed by atoms with Gasteiger partial charge in [0.1, 0.15) is 18.2 Å². The molecule has 0 aliphatic carbocycles. The number of anilines is 1. The first-order valence-corrected chi connectivity index (χ1v) is 8.74. The lowest BCUT2D eigenvalue weighted by molar-refractivity contribution is 0.103. The average molecular weight is 355 g/mol. The summed E-state index contributed by atoms with van der Waals surface area (Å²) in [6.45, 7) is 4.22. The van der Waals surface area contributed by atoms with Gasteiger partial charge in [0.25, 0.3) is 5.91 Å². The van der Waals surface area contributed by atoms with E-state index in [-0.39, 0.29) is 18.3 Å². The zero-order chi connectivity index (χ0) is 17.8. The van der Waals surface area contributed by atoms with Crippen molar-refractivity contribution in [1.29, 1.82) is 0 Å². The monoisotopic (exact) mass is 355 g/mol. The van der Waals surface area contributed by atoms with Gasteiger partial charge in [0.05, 0.1) is 4.88 Å². The summed E-state index contributed by atoms with van der Waals surface area (Å²) in [5.41, 5.74) is 3.78. The van der Waals surface area contributed by atoms with E-state index in [0.717, 1.165) is 22.4 Å². The van der Waals surface area contributed by atoms with Gasteiger partial charge in [-0.2, -0.15) is 0 Å². The van der Waals surface area contributed by atoms with Gasteiger partial charge in [0.15, 0.2) is 0 Å². The summed E-state index contributed by atoms with van der Waals surface area (Å²) >= 11 is 1.36. The van der Waals surface area contributed by atoms with Crippen molar-refractivity contribution in [2.24, 2.45) is 0 Å². The van der Waals surface area contributed by atoms with Gasteiger partial charge in [-0.25, -0.2) is 4.39 Å².